The van der Waals surface area contributed by atoms with Gasteiger partial charge in [0, 0.05) is 39.1 Å². The molecule has 1 rings (SSSR count). The first kappa shape index (κ1) is 19.7. The molecule has 1 saturated heterocycles. The van der Waals surface area contributed by atoms with Gasteiger partial charge in [0.2, 0.25) is 5.91 Å². The number of nitrogens with zero attached hydrogens (tertiary/aromatic N) is 2. The van der Waals surface area contributed by atoms with Crippen LogP contribution in [0.5, 0.6) is 0 Å². The topological polar surface area (TPSA) is 87.7 Å². The van der Waals surface area contributed by atoms with E-state index >= 15 is 0 Å². The normalized spacial score (nSPS) is 20.0. The lowest BCUT2D eigenvalue weighted by atomic mass is 10.1. The van der Waals surface area contributed by atoms with Gasteiger partial charge in [-0.2, -0.15) is 0 Å². The smallest absolute Gasteiger partial charge is 0.424 e. The van der Waals surface area contributed by atoms with Crippen LogP contribution in [0.25, 0.3) is 0 Å². The van der Waals surface area contributed by atoms with E-state index in [-0.39, 0.29) is 5.91 Å². The minimum Gasteiger partial charge on any atom is -0.441 e. The molecular weight excluding hydrogens is 296 g/mol. The van der Waals surface area contributed by atoms with Crippen molar-refractivity contribution in [1.82, 2.24) is 15.2 Å². The Morgan fingerprint density at radius 3 is 2.48 bits per heavy atom. The maximum Gasteiger partial charge on any atom is 0.424 e. The maximum atomic E-state index is 12.0. The summed E-state index contributed by atoms with van der Waals surface area (Å²) in [5.74, 6) is 5.77. The molecule has 0 radical (unpaired) electrons. The highest BCUT2D eigenvalue weighted by atomic mass is 16.6. The fourth-order valence-corrected chi connectivity index (χ4v) is 2.45. The van der Waals surface area contributed by atoms with Crippen molar-refractivity contribution in [3.8, 4) is 0 Å². The van der Waals surface area contributed by atoms with Crippen LogP contribution in [-0.2, 0) is 9.53 Å². The van der Waals surface area contributed by atoms with Gasteiger partial charge in [-0.15, -0.1) is 0 Å². The Hall–Kier alpha value is -1.34. The number of unbranched alkanes of at least 4 members (excludes halogenated alkanes) is 3. The van der Waals surface area contributed by atoms with Crippen LogP contribution in [0, 0.1) is 0 Å². The minimum absolute atomic E-state index is 0.000381. The van der Waals surface area contributed by atoms with Crippen molar-refractivity contribution in [2.24, 2.45) is 5.84 Å². The SMILES string of the molecule is CC(=O)NCCCCCCN(N)C(=O)OC(C)(C)CN1CC1C. The molecule has 0 spiro atoms. The van der Waals surface area contributed by atoms with Crippen molar-refractivity contribution in [2.75, 3.05) is 26.2 Å². The molecule has 23 heavy (non-hydrogen) atoms. The van der Waals surface area contributed by atoms with E-state index in [2.05, 4.69) is 17.1 Å². The molecule has 0 saturated carbocycles. The predicted molar refractivity (Wildman–Crippen MR) is 89.6 cm³/mol. The Labute approximate surface area is 139 Å². The first-order valence-corrected chi connectivity index (χ1v) is 8.45. The first-order valence-electron chi connectivity index (χ1n) is 8.45. The predicted octanol–water partition coefficient (Wildman–Crippen LogP) is 1.48. The summed E-state index contributed by atoms with van der Waals surface area (Å²) in [6, 6.07) is 0.583. The second-order valence-corrected chi connectivity index (χ2v) is 7.00. The van der Waals surface area contributed by atoms with Gasteiger partial charge in [0.15, 0.2) is 0 Å². The van der Waals surface area contributed by atoms with Crippen molar-refractivity contribution in [3.05, 3.63) is 0 Å². The number of ether oxygens (including phenoxy) is 1. The van der Waals surface area contributed by atoms with Crippen LogP contribution in [0.2, 0.25) is 0 Å². The standard InChI is InChI=1S/C16H32N4O3/c1-13-11-19(13)12-16(3,4)23-15(22)20(17)10-8-6-5-7-9-18-14(2)21/h13H,5-12,17H2,1-4H3,(H,18,21). The number of amides is 2. The lowest BCUT2D eigenvalue weighted by Gasteiger charge is -2.28. The number of carbonyl (C=O) groups is 2. The highest BCUT2D eigenvalue weighted by molar-refractivity contribution is 5.72. The van der Waals surface area contributed by atoms with Crippen LogP contribution in [-0.4, -0.2) is 59.7 Å². The number of nitrogens with one attached hydrogen (secondary N) is 1. The molecule has 1 fully saturated rings. The Bertz CT molecular complexity index is 401. The molecule has 1 heterocycles. The first-order chi connectivity index (χ1) is 10.7. The highest BCUT2D eigenvalue weighted by Crippen LogP contribution is 2.22. The van der Waals surface area contributed by atoms with E-state index in [1.807, 2.05) is 13.8 Å². The van der Waals surface area contributed by atoms with Gasteiger partial charge in [0.1, 0.15) is 5.60 Å². The van der Waals surface area contributed by atoms with Crippen molar-refractivity contribution in [2.45, 2.75) is 65.0 Å². The molecule has 2 atom stereocenters. The Morgan fingerprint density at radius 1 is 1.30 bits per heavy atom. The third-order valence-corrected chi connectivity index (χ3v) is 3.87. The molecule has 7 heteroatoms. The van der Waals surface area contributed by atoms with Crippen LogP contribution in [0.15, 0.2) is 0 Å². The number of rotatable bonds is 10. The summed E-state index contributed by atoms with van der Waals surface area (Å²) >= 11 is 0. The van der Waals surface area contributed by atoms with Gasteiger partial charge in [-0.1, -0.05) is 12.8 Å². The Morgan fingerprint density at radius 2 is 1.91 bits per heavy atom. The van der Waals surface area contributed by atoms with Crippen LogP contribution in [0.3, 0.4) is 0 Å². The zero-order valence-corrected chi connectivity index (χ0v) is 14.9. The average Bonchev–Trinajstić information content (AvgIpc) is 3.10. The van der Waals surface area contributed by atoms with E-state index in [0.29, 0.717) is 19.1 Å². The summed E-state index contributed by atoms with van der Waals surface area (Å²) < 4.78 is 5.49. The van der Waals surface area contributed by atoms with Crippen molar-refractivity contribution >= 4 is 12.0 Å². The number of hydrogen-bond acceptors (Lipinski definition) is 5. The zero-order chi connectivity index (χ0) is 17.5. The molecule has 7 nitrogen and oxygen atoms in total. The summed E-state index contributed by atoms with van der Waals surface area (Å²) in [5, 5.41) is 3.91. The Kier molecular flexibility index (Phi) is 7.78. The van der Waals surface area contributed by atoms with Gasteiger partial charge in [0.25, 0.3) is 0 Å². The van der Waals surface area contributed by atoms with Crippen molar-refractivity contribution in [1.29, 1.82) is 0 Å². The van der Waals surface area contributed by atoms with E-state index in [9.17, 15) is 9.59 Å². The largest absolute Gasteiger partial charge is 0.441 e. The van der Waals surface area contributed by atoms with Crippen LogP contribution < -0.4 is 11.2 Å². The third-order valence-electron chi connectivity index (χ3n) is 3.87. The molecule has 0 aromatic heterocycles. The average molecular weight is 328 g/mol. The van der Waals surface area contributed by atoms with Crippen LogP contribution in [0.4, 0.5) is 4.79 Å². The molecule has 0 aromatic rings. The van der Waals surface area contributed by atoms with E-state index in [1.54, 1.807) is 0 Å². The molecule has 3 N–H and O–H groups in total. The molecule has 0 bridgehead atoms. The third kappa shape index (κ3) is 8.76. The number of hydrazine groups is 1. The number of hydrogen-bond donors (Lipinski definition) is 2. The molecule has 2 amide bonds. The summed E-state index contributed by atoms with van der Waals surface area (Å²) in [6.45, 7) is 10.5. The monoisotopic (exact) mass is 328 g/mol. The van der Waals surface area contributed by atoms with Crippen molar-refractivity contribution < 1.29 is 14.3 Å². The zero-order valence-electron chi connectivity index (χ0n) is 14.9. The van der Waals surface area contributed by atoms with Gasteiger partial charge >= 0.3 is 6.09 Å². The molecular formula is C16H32N4O3. The van der Waals surface area contributed by atoms with E-state index in [1.165, 1.54) is 6.92 Å². The summed E-state index contributed by atoms with van der Waals surface area (Å²) in [6.07, 6.45) is 3.27. The van der Waals surface area contributed by atoms with Gasteiger partial charge in [-0.3, -0.25) is 9.69 Å². The van der Waals surface area contributed by atoms with Gasteiger partial charge in [-0.05, 0) is 33.6 Å². The second-order valence-electron chi connectivity index (χ2n) is 7.00. The van der Waals surface area contributed by atoms with Crippen molar-refractivity contribution in [3.63, 3.8) is 0 Å². The van der Waals surface area contributed by atoms with E-state index < -0.39 is 11.7 Å². The molecule has 1 aliphatic heterocycles. The number of carbonyl (C=O) groups excluding carboxylic acids is 2. The minimum atomic E-state index is -0.530. The molecule has 134 valence electrons. The van der Waals surface area contributed by atoms with Crippen LogP contribution >= 0.6 is 0 Å². The molecule has 0 aromatic carbocycles. The molecule has 2 unspecified atom stereocenters. The number of nitrogens with two attached hydrogens (primary N) is 1. The van der Waals surface area contributed by atoms with E-state index in [4.69, 9.17) is 10.6 Å². The van der Waals surface area contributed by atoms with Crippen LogP contribution in [0.1, 0.15) is 53.4 Å². The van der Waals surface area contributed by atoms with E-state index in [0.717, 1.165) is 43.8 Å². The second kappa shape index (κ2) is 9.08. The van der Waals surface area contributed by atoms with Gasteiger partial charge < -0.3 is 10.1 Å². The van der Waals surface area contributed by atoms with Gasteiger partial charge in [-0.25, -0.2) is 15.6 Å². The summed E-state index contributed by atoms with van der Waals surface area (Å²) in [4.78, 5) is 25.0. The quantitative estimate of drug-likeness (QED) is 0.208. The fraction of sp³-hybridized carbons (Fsp3) is 0.875. The molecule has 1 aliphatic rings. The summed E-state index contributed by atoms with van der Waals surface area (Å²) in [5.41, 5.74) is -0.530. The molecule has 0 aliphatic carbocycles. The fourth-order valence-electron chi connectivity index (χ4n) is 2.45. The van der Waals surface area contributed by atoms with Gasteiger partial charge in [0.05, 0.1) is 0 Å². The maximum absolute atomic E-state index is 12.0. The lowest BCUT2D eigenvalue weighted by Crippen LogP contribution is -2.45. The summed E-state index contributed by atoms with van der Waals surface area (Å²) in [7, 11) is 0. The Balaban J connectivity index is 2.10. The highest BCUT2D eigenvalue weighted by Gasteiger charge is 2.36. The lowest BCUT2D eigenvalue weighted by molar-refractivity contribution is -0.118.